The smallest absolute Gasteiger partial charge is 0.317 e. The zero-order chi connectivity index (χ0) is 20.5. The van der Waals surface area contributed by atoms with Crippen molar-refractivity contribution in [1.82, 2.24) is 4.90 Å². The van der Waals surface area contributed by atoms with E-state index in [1.807, 2.05) is 24.3 Å². The number of hydrogen-bond acceptors (Lipinski definition) is 6. The third-order valence-electron chi connectivity index (χ3n) is 4.10. The van der Waals surface area contributed by atoms with Crippen molar-refractivity contribution in [2.75, 3.05) is 45.8 Å². The van der Waals surface area contributed by atoms with Gasteiger partial charge in [-0.05, 0) is 17.2 Å². The Morgan fingerprint density at radius 1 is 1.07 bits per heavy atom. The molecule has 1 aromatic carbocycles. The number of anilines is 1. The maximum atomic E-state index is 11.6. The molecule has 1 heterocycles. The second-order valence-corrected chi connectivity index (χ2v) is 7.22. The van der Waals surface area contributed by atoms with Gasteiger partial charge in [-0.2, -0.15) is 0 Å². The van der Waals surface area contributed by atoms with Crippen molar-refractivity contribution in [3.05, 3.63) is 41.5 Å². The fourth-order valence-corrected chi connectivity index (χ4v) is 3.74. The predicted octanol–water partition coefficient (Wildman–Crippen LogP) is 2.10. The van der Waals surface area contributed by atoms with E-state index in [9.17, 15) is 9.59 Å². The number of nitrogens with one attached hydrogen (secondary N) is 1. The zero-order valence-corrected chi connectivity index (χ0v) is 16.9. The number of carbonyl (C=O) groups excluding carboxylic acids is 2. The van der Waals surface area contributed by atoms with Gasteiger partial charge < -0.3 is 20.9 Å². The third kappa shape index (κ3) is 6.31. The van der Waals surface area contributed by atoms with E-state index >= 15 is 0 Å². The van der Waals surface area contributed by atoms with Crippen LogP contribution in [0.5, 0.6) is 0 Å². The number of methoxy groups -OCH3 is 2. The molecule has 0 aliphatic carbocycles. The van der Waals surface area contributed by atoms with Crippen LogP contribution in [-0.4, -0.2) is 57.4 Å². The summed E-state index contributed by atoms with van der Waals surface area (Å²) in [5.41, 5.74) is 12.9. The summed E-state index contributed by atoms with van der Waals surface area (Å²) in [7, 11) is 3.37. The lowest BCUT2D eigenvalue weighted by Gasteiger charge is -2.21. The number of hydrogen-bond donors (Lipinski definition) is 3. The van der Waals surface area contributed by atoms with Gasteiger partial charge in [-0.3, -0.25) is 15.0 Å². The maximum Gasteiger partial charge on any atom is 0.317 e. The van der Waals surface area contributed by atoms with Crippen molar-refractivity contribution >= 4 is 28.3 Å². The fourth-order valence-electron chi connectivity index (χ4n) is 2.66. The number of nitrogens with two attached hydrogens (primary N) is 2. The van der Waals surface area contributed by atoms with E-state index in [0.717, 1.165) is 35.6 Å². The maximum absolute atomic E-state index is 11.6. The molecule has 152 valence electrons. The van der Waals surface area contributed by atoms with E-state index in [0.29, 0.717) is 18.2 Å². The Morgan fingerprint density at radius 2 is 1.68 bits per heavy atom. The summed E-state index contributed by atoms with van der Waals surface area (Å²) in [4.78, 5) is 25.8. The first-order valence-electron chi connectivity index (χ1n) is 8.74. The second kappa shape index (κ2) is 10.8. The minimum absolute atomic E-state index is 0.244. The molecule has 5 N–H and O–H groups in total. The first kappa shape index (κ1) is 21.8. The van der Waals surface area contributed by atoms with Gasteiger partial charge in [0.05, 0.1) is 18.8 Å². The molecule has 0 spiro atoms. The topological polar surface area (TPSA) is 120 Å². The number of ether oxygens (including phenoxy) is 2. The Bertz CT molecular complexity index is 784. The Morgan fingerprint density at radius 3 is 2.18 bits per heavy atom. The summed E-state index contributed by atoms with van der Waals surface area (Å²) in [6, 6.07) is 8.95. The van der Waals surface area contributed by atoms with Crippen molar-refractivity contribution in [2.24, 2.45) is 11.5 Å². The Kier molecular flexibility index (Phi) is 8.40. The van der Waals surface area contributed by atoms with Gasteiger partial charge in [-0.15, -0.1) is 11.3 Å². The molecule has 0 aliphatic rings. The van der Waals surface area contributed by atoms with Gasteiger partial charge in [-0.25, -0.2) is 4.79 Å². The largest absolute Gasteiger partial charge is 0.383 e. The van der Waals surface area contributed by atoms with Gasteiger partial charge in [-0.1, -0.05) is 24.3 Å². The average molecular weight is 407 g/mol. The number of carbonyl (C=O) groups is 2. The molecule has 1 aromatic heterocycles. The van der Waals surface area contributed by atoms with Gasteiger partial charge in [0.2, 0.25) is 0 Å². The number of amides is 3. The minimum Gasteiger partial charge on any atom is -0.383 e. The molecule has 0 fully saturated rings. The average Bonchev–Trinajstić information content (AvgIpc) is 3.07. The zero-order valence-electron chi connectivity index (χ0n) is 16.1. The molecule has 0 aliphatic heterocycles. The van der Waals surface area contributed by atoms with Crippen LogP contribution in [0, 0.1) is 0 Å². The lowest BCUT2D eigenvalue weighted by molar-refractivity contribution is 0.100. The number of rotatable bonds is 11. The standard InChI is InChI=1S/C19H26N4O4S/c1-26-9-7-23(8-10-27-2)12-13-3-5-14(6-4-13)16-11-15(17(20)24)18(28-16)22-19(21)25/h3-6,11H,7-10,12H2,1-2H3,(H2,20,24)(H3,21,22,25). The van der Waals surface area contributed by atoms with Crippen LogP contribution in [0.1, 0.15) is 15.9 Å². The Balaban J connectivity index is 2.14. The van der Waals surface area contributed by atoms with E-state index in [4.69, 9.17) is 20.9 Å². The van der Waals surface area contributed by atoms with Gasteiger partial charge in [0.25, 0.3) is 5.91 Å². The molecule has 2 rings (SSSR count). The molecule has 28 heavy (non-hydrogen) atoms. The summed E-state index contributed by atoms with van der Waals surface area (Å²) in [5.74, 6) is -0.616. The molecule has 0 saturated carbocycles. The van der Waals surface area contributed by atoms with Crippen molar-refractivity contribution < 1.29 is 19.1 Å². The minimum atomic E-state index is -0.738. The fraction of sp³-hybridized carbons (Fsp3) is 0.368. The first-order valence-corrected chi connectivity index (χ1v) is 9.56. The van der Waals surface area contributed by atoms with Crippen LogP contribution in [0.15, 0.2) is 30.3 Å². The normalized spacial score (nSPS) is 11.0. The quantitative estimate of drug-likeness (QED) is 0.528. The van der Waals surface area contributed by atoms with E-state index in [1.165, 1.54) is 11.3 Å². The highest BCUT2D eigenvalue weighted by atomic mass is 32.1. The van der Waals surface area contributed by atoms with E-state index < -0.39 is 11.9 Å². The molecule has 8 nitrogen and oxygen atoms in total. The molecule has 2 aromatic rings. The number of nitrogens with zero attached hydrogens (tertiary/aromatic N) is 1. The Hall–Kier alpha value is -2.46. The predicted molar refractivity (Wildman–Crippen MR) is 111 cm³/mol. The summed E-state index contributed by atoms with van der Waals surface area (Å²) in [6.07, 6.45) is 0. The first-order chi connectivity index (χ1) is 13.4. The number of benzene rings is 1. The third-order valence-corrected chi connectivity index (χ3v) is 5.20. The summed E-state index contributed by atoms with van der Waals surface area (Å²) >= 11 is 1.25. The highest BCUT2D eigenvalue weighted by molar-refractivity contribution is 7.20. The van der Waals surface area contributed by atoms with Crippen LogP contribution in [0.3, 0.4) is 0 Å². The summed E-state index contributed by atoms with van der Waals surface area (Å²) in [6.45, 7) is 3.72. The second-order valence-electron chi connectivity index (χ2n) is 6.17. The van der Waals surface area contributed by atoms with Crippen molar-refractivity contribution in [3.8, 4) is 10.4 Å². The van der Waals surface area contributed by atoms with Crippen molar-refractivity contribution in [2.45, 2.75) is 6.54 Å². The number of urea groups is 1. The monoisotopic (exact) mass is 406 g/mol. The molecule has 0 atom stereocenters. The molecular weight excluding hydrogens is 380 g/mol. The van der Waals surface area contributed by atoms with Crippen molar-refractivity contribution in [1.29, 1.82) is 0 Å². The van der Waals surface area contributed by atoms with E-state index in [2.05, 4.69) is 10.2 Å². The van der Waals surface area contributed by atoms with Crippen LogP contribution in [0.2, 0.25) is 0 Å². The number of primary amides is 2. The SMILES string of the molecule is COCCN(CCOC)Cc1ccc(-c2cc(C(N)=O)c(NC(N)=O)s2)cc1. The van der Waals surface area contributed by atoms with Gasteiger partial charge in [0.15, 0.2) is 0 Å². The lowest BCUT2D eigenvalue weighted by Crippen LogP contribution is -2.30. The molecule has 0 unspecified atom stereocenters. The summed E-state index contributed by atoms with van der Waals surface area (Å²) < 4.78 is 10.3. The molecular formula is C19H26N4O4S. The van der Waals surface area contributed by atoms with E-state index in [-0.39, 0.29) is 5.56 Å². The highest BCUT2D eigenvalue weighted by Crippen LogP contribution is 2.35. The van der Waals surface area contributed by atoms with Crippen LogP contribution < -0.4 is 16.8 Å². The molecule has 3 amide bonds. The van der Waals surface area contributed by atoms with E-state index in [1.54, 1.807) is 20.3 Å². The molecule has 0 bridgehead atoms. The van der Waals surface area contributed by atoms with Gasteiger partial charge in [0, 0.05) is 38.7 Å². The van der Waals surface area contributed by atoms with Gasteiger partial charge in [0.1, 0.15) is 5.00 Å². The summed E-state index contributed by atoms with van der Waals surface area (Å²) in [5, 5.41) is 2.80. The van der Waals surface area contributed by atoms with Crippen molar-refractivity contribution in [3.63, 3.8) is 0 Å². The van der Waals surface area contributed by atoms with Crippen LogP contribution in [0.4, 0.5) is 9.80 Å². The number of thiophene rings is 1. The molecule has 0 saturated heterocycles. The highest BCUT2D eigenvalue weighted by Gasteiger charge is 2.16. The van der Waals surface area contributed by atoms with Crippen LogP contribution >= 0.6 is 11.3 Å². The van der Waals surface area contributed by atoms with Crippen LogP contribution in [0.25, 0.3) is 10.4 Å². The Labute approximate surface area is 168 Å². The molecule has 9 heteroatoms. The lowest BCUT2D eigenvalue weighted by atomic mass is 10.1. The van der Waals surface area contributed by atoms with Gasteiger partial charge >= 0.3 is 6.03 Å². The molecule has 0 radical (unpaired) electrons. The van der Waals surface area contributed by atoms with Crippen LogP contribution in [-0.2, 0) is 16.0 Å².